The summed E-state index contributed by atoms with van der Waals surface area (Å²) in [5.74, 6) is -0.0463. The van der Waals surface area contributed by atoms with Gasteiger partial charge in [0.15, 0.2) is 0 Å². The van der Waals surface area contributed by atoms with Crippen molar-refractivity contribution in [1.29, 1.82) is 0 Å². The second kappa shape index (κ2) is 20.8. The number of ether oxygens (including phenoxy) is 2. The van der Waals surface area contributed by atoms with Gasteiger partial charge in [-0.1, -0.05) is 63.9 Å². The zero-order chi connectivity index (χ0) is 41.9. The lowest BCUT2D eigenvalue weighted by Crippen LogP contribution is -2.60. The summed E-state index contributed by atoms with van der Waals surface area (Å²) < 4.78 is 25.9. The van der Waals surface area contributed by atoms with Crippen molar-refractivity contribution < 1.29 is 28.2 Å². The standard InChI is InChI=1S/C29H30ClFN4O3.C15H30N2O2/c1-15-8-9-17-14-23(35-29(38-4)24(15)17)19-10-11-21(31)25(26(19)30)18-6-5-7-22(16(18)2)34-28(37)20(12-13-32)27(36)33-3;1-5-13(3)7-8-15(6-2)9-10-17(11-12-19-4)14(18)16-15/h5-7,10-12,14-15H,8-9,13,32H2,1-4H3,(H,33,36)(H,34,37);13H,5-12H2,1-4H3,(H,16,18)/b20-12+;. The molecule has 0 radical (unpaired) electrons. The molecule has 3 atom stereocenters. The predicted octanol–water partition coefficient (Wildman–Crippen LogP) is 8.17. The van der Waals surface area contributed by atoms with E-state index >= 15 is 4.39 Å². The van der Waals surface area contributed by atoms with Gasteiger partial charge in [-0.15, -0.1) is 0 Å². The summed E-state index contributed by atoms with van der Waals surface area (Å²) in [4.78, 5) is 43.7. The van der Waals surface area contributed by atoms with Gasteiger partial charge in [-0.25, -0.2) is 14.2 Å². The van der Waals surface area contributed by atoms with Gasteiger partial charge in [-0.2, -0.15) is 0 Å². The fourth-order valence-electron chi connectivity index (χ4n) is 7.49. The molecular formula is C44H60ClFN6O5. The molecule has 0 saturated carbocycles. The lowest BCUT2D eigenvalue weighted by atomic mass is 9.82. The van der Waals surface area contributed by atoms with Gasteiger partial charge in [0.1, 0.15) is 11.4 Å². The Morgan fingerprint density at radius 2 is 1.95 bits per heavy atom. The number of anilines is 1. The summed E-state index contributed by atoms with van der Waals surface area (Å²) in [6, 6.07) is 10.1. The van der Waals surface area contributed by atoms with Crippen LogP contribution in [-0.2, 0) is 20.7 Å². The third-order valence-corrected chi connectivity index (χ3v) is 11.9. The molecular weight excluding hydrogens is 747 g/mol. The molecule has 2 heterocycles. The molecule has 0 spiro atoms. The third kappa shape index (κ3) is 10.7. The average Bonchev–Trinajstić information content (AvgIpc) is 3.59. The SMILES string of the molecule is CCC(C)CCC1(CC)CCN(CCOC)C(=O)N1.CNC(=O)/C(=C\CN)C(=O)Nc1cccc(-c2c(F)ccc(-c3cc4c(c(OC)n3)C(C)CC4)c2Cl)c1C. The highest BCUT2D eigenvalue weighted by Crippen LogP contribution is 2.44. The maximum atomic E-state index is 15.3. The van der Waals surface area contributed by atoms with Gasteiger partial charge >= 0.3 is 6.03 Å². The Balaban J connectivity index is 0.000000319. The van der Waals surface area contributed by atoms with Crippen LogP contribution in [0.25, 0.3) is 22.4 Å². The largest absolute Gasteiger partial charge is 0.481 e. The molecule has 0 bridgehead atoms. The van der Waals surface area contributed by atoms with E-state index < -0.39 is 17.6 Å². The minimum Gasteiger partial charge on any atom is -0.481 e. The number of nitrogens with two attached hydrogens (primary N) is 1. The fraction of sp³-hybridized carbons (Fsp3) is 0.500. The third-order valence-electron chi connectivity index (χ3n) is 11.5. The highest BCUT2D eigenvalue weighted by molar-refractivity contribution is 6.36. The average molecular weight is 807 g/mol. The highest BCUT2D eigenvalue weighted by Gasteiger charge is 2.36. The highest BCUT2D eigenvalue weighted by atomic mass is 35.5. The Labute approximate surface area is 342 Å². The number of aryl methyl sites for hydroxylation is 1. The number of amides is 4. The van der Waals surface area contributed by atoms with Crippen LogP contribution in [0.2, 0.25) is 5.02 Å². The molecule has 4 amide bonds. The molecule has 1 saturated heterocycles. The number of nitrogens with one attached hydrogen (secondary N) is 3. The molecule has 3 unspecified atom stereocenters. The molecule has 310 valence electrons. The van der Waals surface area contributed by atoms with Gasteiger partial charge in [0.05, 0.1) is 24.4 Å². The van der Waals surface area contributed by atoms with Crippen LogP contribution in [0.4, 0.5) is 14.9 Å². The molecule has 57 heavy (non-hydrogen) atoms. The summed E-state index contributed by atoms with van der Waals surface area (Å²) in [5.41, 5.74) is 10.5. The van der Waals surface area contributed by atoms with Crippen molar-refractivity contribution in [3.05, 3.63) is 75.6 Å². The zero-order valence-electron chi connectivity index (χ0n) is 34.7. The number of pyridine rings is 1. The van der Waals surface area contributed by atoms with Crippen LogP contribution in [0.5, 0.6) is 5.88 Å². The smallest absolute Gasteiger partial charge is 0.317 e. The van der Waals surface area contributed by atoms with Crippen molar-refractivity contribution in [3.8, 4) is 28.3 Å². The van der Waals surface area contributed by atoms with Crippen LogP contribution in [0.1, 0.15) is 88.8 Å². The predicted molar refractivity (Wildman–Crippen MR) is 226 cm³/mol. The van der Waals surface area contributed by atoms with Crippen molar-refractivity contribution in [2.24, 2.45) is 11.7 Å². The summed E-state index contributed by atoms with van der Waals surface area (Å²) in [7, 11) is 4.69. The molecule has 5 rings (SSSR count). The Morgan fingerprint density at radius 1 is 1.19 bits per heavy atom. The lowest BCUT2D eigenvalue weighted by Gasteiger charge is -2.42. The molecule has 2 aliphatic rings. The van der Waals surface area contributed by atoms with E-state index in [1.165, 1.54) is 32.0 Å². The molecule has 13 heteroatoms. The molecule has 3 aromatic rings. The topological polar surface area (TPSA) is 148 Å². The van der Waals surface area contributed by atoms with Gasteiger partial charge in [0.2, 0.25) is 5.88 Å². The van der Waals surface area contributed by atoms with E-state index in [1.807, 2.05) is 11.0 Å². The number of hydrogen-bond acceptors (Lipinski definition) is 7. The van der Waals surface area contributed by atoms with Gasteiger partial charge in [0, 0.05) is 61.7 Å². The molecule has 11 nitrogen and oxygen atoms in total. The van der Waals surface area contributed by atoms with Gasteiger partial charge in [-0.3, -0.25) is 9.59 Å². The van der Waals surface area contributed by atoms with E-state index in [-0.39, 0.29) is 34.3 Å². The maximum Gasteiger partial charge on any atom is 0.317 e. The molecule has 1 fully saturated rings. The van der Waals surface area contributed by atoms with Crippen molar-refractivity contribution in [1.82, 2.24) is 20.5 Å². The molecule has 1 aliphatic heterocycles. The summed E-state index contributed by atoms with van der Waals surface area (Å²) in [6.45, 7) is 12.8. The maximum absolute atomic E-state index is 15.3. The lowest BCUT2D eigenvalue weighted by molar-refractivity contribution is -0.121. The molecule has 1 aromatic heterocycles. The number of hydrogen-bond donors (Lipinski definition) is 4. The van der Waals surface area contributed by atoms with Crippen molar-refractivity contribution >= 4 is 35.1 Å². The molecule has 1 aliphatic carbocycles. The number of nitrogens with zero attached hydrogens (tertiary/aromatic N) is 2. The first-order valence-corrected chi connectivity index (χ1v) is 20.3. The Hall–Kier alpha value is -4.52. The van der Waals surface area contributed by atoms with Crippen LogP contribution in [0, 0.1) is 18.7 Å². The number of fused-ring (bicyclic) bond motifs is 1. The van der Waals surface area contributed by atoms with Crippen molar-refractivity contribution in [3.63, 3.8) is 0 Å². The number of halogens is 2. The number of carbonyl (C=O) groups is 3. The normalized spacial score (nSPS) is 18.2. The number of methoxy groups -OCH3 is 2. The van der Waals surface area contributed by atoms with Gasteiger partial charge < -0.3 is 36.1 Å². The van der Waals surface area contributed by atoms with E-state index in [4.69, 9.17) is 31.8 Å². The second-order valence-corrected chi connectivity index (χ2v) is 15.4. The van der Waals surface area contributed by atoms with Crippen LogP contribution < -0.4 is 26.4 Å². The number of benzene rings is 2. The van der Waals surface area contributed by atoms with E-state index in [0.29, 0.717) is 53.0 Å². The minimum absolute atomic E-state index is 0.0171. The van der Waals surface area contributed by atoms with Crippen molar-refractivity contribution in [2.45, 2.75) is 91.0 Å². The van der Waals surface area contributed by atoms with E-state index in [9.17, 15) is 14.4 Å². The van der Waals surface area contributed by atoms with Crippen LogP contribution in [-0.4, -0.2) is 80.8 Å². The summed E-state index contributed by atoms with van der Waals surface area (Å²) in [6.07, 6.45) is 8.85. The minimum atomic E-state index is -0.626. The molecule has 5 N–H and O–H groups in total. The van der Waals surface area contributed by atoms with E-state index in [2.05, 4.69) is 43.6 Å². The molecule has 2 aromatic carbocycles. The van der Waals surface area contributed by atoms with Crippen LogP contribution in [0.3, 0.4) is 0 Å². The van der Waals surface area contributed by atoms with Crippen LogP contribution in [0.15, 0.2) is 48.0 Å². The zero-order valence-corrected chi connectivity index (χ0v) is 35.5. The Kier molecular flexibility index (Phi) is 16.5. The Bertz CT molecular complexity index is 1940. The van der Waals surface area contributed by atoms with E-state index in [1.54, 1.807) is 45.4 Å². The first kappa shape index (κ1) is 45.2. The number of carbonyl (C=O) groups excluding carboxylic acids is 3. The quantitative estimate of drug-likeness (QED) is 0.0688. The first-order valence-electron chi connectivity index (χ1n) is 19.9. The summed E-state index contributed by atoms with van der Waals surface area (Å²) in [5, 5.41) is 8.61. The monoisotopic (exact) mass is 806 g/mol. The number of urea groups is 1. The van der Waals surface area contributed by atoms with Gasteiger partial charge in [0.25, 0.3) is 11.8 Å². The number of rotatable bonds is 15. The van der Waals surface area contributed by atoms with Crippen LogP contribution >= 0.6 is 11.6 Å². The first-order chi connectivity index (χ1) is 27.3. The number of aromatic nitrogens is 1. The second-order valence-electron chi connectivity index (χ2n) is 15.0. The van der Waals surface area contributed by atoms with Gasteiger partial charge in [-0.05, 0) is 98.2 Å². The van der Waals surface area contributed by atoms with Crippen molar-refractivity contribution in [2.75, 3.05) is 52.8 Å². The van der Waals surface area contributed by atoms with E-state index in [0.717, 1.165) is 55.7 Å². The number of likely N-dealkylation sites (N-methyl/N-ethyl adjacent to an activating group) is 1. The Morgan fingerprint density at radius 3 is 2.58 bits per heavy atom. The fourth-order valence-corrected chi connectivity index (χ4v) is 7.84. The summed E-state index contributed by atoms with van der Waals surface area (Å²) >= 11 is 6.86.